The molecule has 40 heavy (non-hydrogen) atoms. The van der Waals surface area contributed by atoms with Crippen LogP contribution in [0.5, 0.6) is 5.75 Å². The Kier molecular flexibility index (Phi) is 10.3. The van der Waals surface area contributed by atoms with Gasteiger partial charge in [-0.1, -0.05) is 19.1 Å². The van der Waals surface area contributed by atoms with Crippen LogP contribution in [0, 0.1) is 11.6 Å². The topological polar surface area (TPSA) is 71.0 Å². The molecule has 8 heteroatoms. The number of benzene rings is 2. The number of halogens is 2. The van der Waals surface area contributed by atoms with E-state index in [1.54, 1.807) is 31.5 Å². The minimum Gasteiger partial charge on any atom is -0.490 e. The molecule has 2 aromatic rings. The van der Waals surface area contributed by atoms with Gasteiger partial charge in [-0.2, -0.15) is 0 Å². The highest BCUT2D eigenvalue weighted by Gasteiger charge is 2.32. The average molecular weight is 555 g/mol. The number of ether oxygens (including phenoxy) is 2. The van der Waals surface area contributed by atoms with Crippen molar-refractivity contribution < 1.29 is 28.2 Å². The maximum Gasteiger partial charge on any atom is 0.335 e. The van der Waals surface area contributed by atoms with Gasteiger partial charge >= 0.3 is 5.97 Å². The molecule has 0 bridgehead atoms. The number of carboxylic acid groups (broad SMARTS) is 1. The van der Waals surface area contributed by atoms with E-state index >= 15 is 4.39 Å². The minimum absolute atomic E-state index is 0.223. The molecule has 0 spiro atoms. The fourth-order valence-corrected chi connectivity index (χ4v) is 5.40. The van der Waals surface area contributed by atoms with Crippen LogP contribution in [0.4, 0.5) is 8.78 Å². The second-order valence-corrected chi connectivity index (χ2v) is 10.5. The van der Waals surface area contributed by atoms with Crippen LogP contribution >= 0.6 is 0 Å². The Morgan fingerprint density at radius 1 is 1.12 bits per heavy atom. The first-order valence-electron chi connectivity index (χ1n) is 14.2. The van der Waals surface area contributed by atoms with E-state index in [1.165, 1.54) is 12.1 Å². The van der Waals surface area contributed by atoms with Gasteiger partial charge in [0, 0.05) is 43.9 Å². The Morgan fingerprint density at radius 3 is 2.40 bits per heavy atom. The number of rotatable bonds is 13. The standard InChI is InChI=1S/C32H40F2N2O4/c1-4-21(20-39-3)27(32(37)38)12-15-35-26-13-16-36(17-14-26)19-24-18-28(22-6-7-22)29(30(34)31(24)40-5-2)23-8-10-25(33)11-9-23/h8-12,15,18,22,26,35H,4-7,13-14,16-17,19-20H2,1-3H3,(H,37,38)/b15-12-,27-21+. The van der Waals surface area contributed by atoms with Crippen molar-refractivity contribution in [3.05, 3.63) is 76.5 Å². The monoisotopic (exact) mass is 554 g/mol. The molecule has 0 amide bonds. The summed E-state index contributed by atoms with van der Waals surface area (Å²) in [4.78, 5) is 14.0. The molecule has 2 aliphatic rings. The Balaban J connectivity index is 1.46. The molecule has 6 nitrogen and oxygen atoms in total. The normalized spacial score (nSPS) is 17.2. The number of nitrogens with zero attached hydrogens (tertiary/aromatic N) is 1. The Morgan fingerprint density at radius 2 is 1.82 bits per heavy atom. The molecule has 1 aliphatic heterocycles. The predicted molar refractivity (Wildman–Crippen MR) is 152 cm³/mol. The van der Waals surface area contributed by atoms with Gasteiger partial charge < -0.3 is 19.9 Å². The molecule has 0 unspecified atom stereocenters. The highest BCUT2D eigenvalue weighted by Crippen LogP contribution is 2.48. The number of likely N-dealkylation sites (tertiary alicyclic amines) is 1. The third-order valence-corrected chi connectivity index (χ3v) is 7.69. The van der Waals surface area contributed by atoms with Crippen LogP contribution in [0.1, 0.15) is 63.0 Å². The molecule has 1 saturated carbocycles. The van der Waals surface area contributed by atoms with E-state index in [1.807, 2.05) is 13.8 Å². The number of carboxylic acids is 1. The number of hydrogen-bond donors (Lipinski definition) is 2. The van der Waals surface area contributed by atoms with Gasteiger partial charge in [0.2, 0.25) is 0 Å². The zero-order chi connectivity index (χ0) is 28.6. The Bertz CT molecular complexity index is 1230. The molecule has 0 aromatic heterocycles. The quantitative estimate of drug-likeness (QED) is 0.220. The Labute approximate surface area is 235 Å². The van der Waals surface area contributed by atoms with Crippen LogP contribution in [0.2, 0.25) is 0 Å². The summed E-state index contributed by atoms with van der Waals surface area (Å²) in [6.45, 7) is 6.64. The molecular weight excluding hydrogens is 514 g/mol. The van der Waals surface area contributed by atoms with E-state index in [4.69, 9.17) is 9.47 Å². The van der Waals surface area contributed by atoms with Crippen molar-refractivity contribution in [1.29, 1.82) is 0 Å². The average Bonchev–Trinajstić information content (AvgIpc) is 3.79. The molecule has 216 valence electrons. The van der Waals surface area contributed by atoms with Crippen molar-refractivity contribution in [2.45, 2.75) is 64.5 Å². The summed E-state index contributed by atoms with van der Waals surface area (Å²) in [5, 5.41) is 13.0. The summed E-state index contributed by atoms with van der Waals surface area (Å²) in [6, 6.07) is 8.33. The van der Waals surface area contributed by atoms with Gasteiger partial charge in [-0.05, 0) is 92.1 Å². The first-order valence-corrected chi connectivity index (χ1v) is 14.2. The fourth-order valence-electron chi connectivity index (χ4n) is 5.40. The molecule has 0 atom stereocenters. The zero-order valence-electron chi connectivity index (χ0n) is 23.6. The first kappa shape index (κ1) is 29.7. The van der Waals surface area contributed by atoms with E-state index in [2.05, 4.69) is 16.3 Å². The number of aliphatic carboxylic acids is 1. The summed E-state index contributed by atoms with van der Waals surface area (Å²) in [6.07, 6.45) is 7.76. The molecular formula is C32H40F2N2O4. The fraction of sp³-hybridized carbons (Fsp3) is 0.469. The third-order valence-electron chi connectivity index (χ3n) is 7.69. The second-order valence-electron chi connectivity index (χ2n) is 10.5. The van der Waals surface area contributed by atoms with Crippen molar-refractivity contribution in [3.63, 3.8) is 0 Å². The number of piperidine rings is 1. The highest BCUT2D eigenvalue weighted by molar-refractivity contribution is 5.90. The summed E-state index contributed by atoms with van der Waals surface area (Å²) >= 11 is 0. The minimum atomic E-state index is -0.963. The first-order chi connectivity index (χ1) is 19.4. The van der Waals surface area contributed by atoms with Crippen LogP contribution in [-0.2, 0) is 16.1 Å². The van der Waals surface area contributed by atoms with Crippen LogP contribution < -0.4 is 10.1 Å². The van der Waals surface area contributed by atoms with Gasteiger partial charge in [-0.25, -0.2) is 13.6 Å². The summed E-state index contributed by atoms with van der Waals surface area (Å²) in [5.74, 6) is -1.08. The van der Waals surface area contributed by atoms with E-state index in [0.717, 1.165) is 55.5 Å². The smallest absolute Gasteiger partial charge is 0.335 e. The molecule has 0 radical (unpaired) electrons. The predicted octanol–water partition coefficient (Wildman–Crippen LogP) is 6.41. The van der Waals surface area contributed by atoms with Crippen molar-refractivity contribution in [3.8, 4) is 16.9 Å². The van der Waals surface area contributed by atoms with Crippen LogP contribution in [-0.4, -0.2) is 55.4 Å². The molecule has 4 rings (SSSR count). The van der Waals surface area contributed by atoms with Gasteiger partial charge in [-0.15, -0.1) is 0 Å². The molecule has 1 aliphatic carbocycles. The number of methoxy groups -OCH3 is 1. The lowest BCUT2D eigenvalue weighted by Gasteiger charge is -2.33. The molecule has 1 heterocycles. The van der Waals surface area contributed by atoms with E-state index < -0.39 is 5.97 Å². The third kappa shape index (κ3) is 7.29. The van der Waals surface area contributed by atoms with E-state index in [9.17, 15) is 14.3 Å². The summed E-state index contributed by atoms with van der Waals surface area (Å²) in [5.41, 5.74) is 4.02. The van der Waals surface area contributed by atoms with E-state index in [-0.39, 0.29) is 29.0 Å². The van der Waals surface area contributed by atoms with Crippen molar-refractivity contribution in [2.75, 3.05) is 33.4 Å². The molecule has 2 aromatic carbocycles. The SMILES string of the molecule is CCOc1c(CN2CCC(N/C=C\C(C(=O)O)=C(\CC)COC)CC2)cc(C2CC2)c(-c2ccc(F)cc2)c1F. The second kappa shape index (κ2) is 13.9. The van der Waals surface area contributed by atoms with E-state index in [0.29, 0.717) is 43.2 Å². The molecule has 1 saturated heterocycles. The lowest BCUT2D eigenvalue weighted by Crippen LogP contribution is -2.40. The van der Waals surface area contributed by atoms with Crippen molar-refractivity contribution >= 4 is 5.97 Å². The van der Waals surface area contributed by atoms with Crippen LogP contribution in [0.3, 0.4) is 0 Å². The number of carbonyl (C=O) groups is 1. The van der Waals surface area contributed by atoms with Crippen molar-refractivity contribution in [1.82, 2.24) is 10.2 Å². The zero-order valence-corrected chi connectivity index (χ0v) is 23.6. The summed E-state index contributed by atoms with van der Waals surface area (Å²) < 4.78 is 40.6. The largest absolute Gasteiger partial charge is 0.490 e. The maximum absolute atomic E-state index is 16.1. The van der Waals surface area contributed by atoms with Gasteiger partial charge in [0.15, 0.2) is 11.6 Å². The number of hydrogen-bond acceptors (Lipinski definition) is 5. The Hall–Kier alpha value is -3.23. The van der Waals surface area contributed by atoms with Gasteiger partial charge in [-0.3, -0.25) is 4.90 Å². The lowest BCUT2D eigenvalue weighted by atomic mass is 9.92. The summed E-state index contributed by atoms with van der Waals surface area (Å²) in [7, 11) is 1.56. The lowest BCUT2D eigenvalue weighted by molar-refractivity contribution is -0.132. The highest BCUT2D eigenvalue weighted by atomic mass is 19.1. The van der Waals surface area contributed by atoms with Gasteiger partial charge in [0.25, 0.3) is 0 Å². The van der Waals surface area contributed by atoms with Gasteiger partial charge in [0.1, 0.15) is 5.82 Å². The molecule has 2 fully saturated rings. The van der Waals surface area contributed by atoms with Crippen LogP contribution in [0.15, 0.2) is 53.8 Å². The van der Waals surface area contributed by atoms with Crippen molar-refractivity contribution in [2.24, 2.45) is 0 Å². The maximum atomic E-state index is 16.1. The number of nitrogens with one attached hydrogen (secondary N) is 1. The van der Waals surface area contributed by atoms with Crippen LogP contribution in [0.25, 0.3) is 11.1 Å². The molecule has 2 N–H and O–H groups in total. The van der Waals surface area contributed by atoms with Gasteiger partial charge in [0.05, 0.1) is 18.8 Å².